The Hall–Kier alpha value is -2.05. The molecule has 0 spiro atoms. The van der Waals surface area contributed by atoms with Crippen LogP contribution in [0, 0.1) is 6.92 Å². The van der Waals surface area contributed by atoms with E-state index >= 15 is 0 Å². The van der Waals surface area contributed by atoms with Gasteiger partial charge in [-0.15, -0.1) is 0 Å². The molecule has 6 heteroatoms. The van der Waals surface area contributed by atoms with Gasteiger partial charge in [0.25, 0.3) is 0 Å². The van der Waals surface area contributed by atoms with Crippen LogP contribution in [0.3, 0.4) is 0 Å². The van der Waals surface area contributed by atoms with Crippen molar-refractivity contribution in [3.05, 3.63) is 53.6 Å². The molecule has 2 aliphatic heterocycles. The molecule has 0 saturated carbocycles. The van der Waals surface area contributed by atoms with Crippen LogP contribution in [-0.4, -0.2) is 32.6 Å². The fourth-order valence-electron chi connectivity index (χ4n) is 3.37. The van der Waals surface area contributed by atoms with Crippen LogP contribution in [0.4, 0.5) is 0 Å². The number of benzene rings is 2. The Morgan fingerprint density at radius 2 is 1.88 bits per heavy atom. The molecule has 2 aromatic rings. The first-order chi connectivity index (χ1) is 11.6. The zero-order valence-electron chi connectivity index (χ0n) is 13.4. The number of aryl methyl sites for hydroxylation is 1. The average Bonchev–Trinajstić information content (AvgIpc) is 3.24. The second-order valence-corrected chi connectivity index (χ2v) is 8.13. The molecule has 4 rings (SSSR count). The van der Waals surface area contributed by atoms with E-state index in [0.29, 0.717) is 18.0 Å². The van der Waals surface area contributed by atoms with E-state index in [2.05, 4.69) is 0 Å². The van der Waals surface area contributed by atoms with Crippen molar-refractivity contribution in [3.8, 4) is 11.5 Å². The lowest BCUT2D eigenvalue weighted by Crippen LogP contribution is -2.29. The molecule has 0 aromatic heterocycles. The lowest BCUT2D eigenvalue weighted by molar-refractivity contribution is 0.174. The van der Waals surface area contributed by atoms with E-state index in [1.807, 2.05) is 37.3 Å². The summed E-state index contributed by atoms with van der Waals surface area (Å²) in [5.74, 6) is 1.67. The number of rotatable bonds is 3. The van der Waals surface area contributed by atoms with Gasteiger partial charge in [0.2, 0.25) is 16.8 Å². The molecule has 2 aromatic carbocycles. The molecule has 0 aliphatic carbocycles. The molecular weight excluding hydrogens is 326 g/mol. The minimum absolute atomic E-state index is 0.179. The number of hydrogen-bond acceptors (Lipinski definition) is 4. The predicted octanol–water partition coefficient (Wildman–Crippen LogP) is 2.90. The highest BCUT2D eigenvalue weighted by atomic mass is 32.2. The summed E-state index contributed by atoms with van der Waals surface area (Å²) in [6.45, 7) is 3.11. The highest BCUT2D eigenvalue weighted by Gasteiger charge is 2.34. The van der Waals surface area contributed by atoms with Crippen molar-refractivity contribution in [2.24, 2.45) is 0 Å². The van der Waals surface area contributed by atoms with Gasteiger partial charge in [0.05, 0.1) is 4.90 Å². The lowest BCUT2D eigenvalue weighted by Gasteiger charge is -2.18. The van der Waals surface area contributed by atoms with Crippen molar-refractivity contribution in [1.82, 2.24) is 4.31 Å². The van der Waals surface area contributed by atoms with Crippen molar-refractivity contribution in [2.75, 3.05) is 19.9 Å². The van der Waals surface area contributed by atoms with Gasteiger partial charge < -0.3 is 9.47 Å². The maximum absolute atomic E-state index is 12.9. The van der Waals surface area contributed by atoms with Crippen molar-refractivity contribution in [3.63, 3.8) is 0 Å². The van der Waals surface area contributed by atoms with E-state index in [1.165, 1.54) is 0 Å². The molecular formula is C18H19NO4S. The van der Waals surface area contributed by atoms with Gasteiger partial charge in [-0.25, -0.2) is 8.42 Å². The summed E-state index contributed by atoms with van der Waals surface area (Å²) in [6.07, 6.45) is 0.810. The molecule has 0 radical (unpaired) electrons. The van der Waals surface area contributed by atoms with Gasteiger partial charge in [0, 0.05) is 13.1 Å². The summed E-state index contributed by atoms with van der Waals surface area (Å²) < 4.78 is 38.1. The first-order valence-corrected chi connectivity index (χ1v) is 9.45. The van der Waals surface area contributed by atoms with E-state index in [4.69, 9.17) is 9.47 Å². The Morgan fingerprint density at radius 1 is 1.08 bits per heavy atom. The number of fused-ring (bicyclic) bond motifs is 1. The van der Waals surface area contributed by atoms with E-state index in [-0.39, 0.29) is 12.7 Å². The van der Waals surface area contributed by atoms with Gasteiger partial charge in [-0.1, -0.05) is 24.3 Å². The van der Waals surface area contributed by atoms with Crippen molar-refractivity contribution < 1.29 is 17.9 Å². The molecule has 1 saturated heterocycles. The normalized spacial score (nSPS) is 20.5. The minimum atomic E-state index is -3.44. The molecule has 126 valence electrons. The second kappa shape index (κ2) is 5.79. The quantitative estimate of drug-likeness (QED) is 0.858. The fraction of sp³-hybridized carbons (Fsp3) is 0.333. The van der Waals surface area contributed by atoms with Crippen LogP contribution in [0.5, 0.6) is 11.5 Å². The topological polar surface area (TPSA) is 55.8 Å². The Labute approximate surface area is 141 Å². The summed E-state index contributed by atoms with van der Waals surface area (Å²) >= 11 is 0. The fourth-order valence-corrected chi connectivity index (χ4v) is 5.10. The summed E-state index contributed by atoms with van der Waals surface area (Å²) in [6, 6.07) is 13.0. The SMILES string of the molecule is Cc1ccccc1S(=O)(=O)N1CCC(c2ccc3c(c2)OCO3)C1. The summed E-state index contributed by atoms with van der Waals surface area (Å²) in [5.41, 5.74) is 1.88. The Balaban J connectivity index is 1.57. The molecule has 2 aliphatic rings. The molecule has 0 N–H and O–H groups in total. The molecule has 2 heterocycles. The third-order valence-corrected chi connectivity index (χ3v) is 6.76. The third-order valence-electron chi connectivity index (χ3n) is 4.73. The van der Waals surface area contributed by atoms with Crippen molar-refractivity contribution in [1.29, 1.82) is 0 Å². The highest BCUT2D eigenvalue weighted by Crippen LogP contribution is 2.38. The van der Waals surface area contributed by atoms with Gasteiger partial charge >= 0.3 is 0 Å². The Bertz CT molecular complexity index is 878. The summed E-state index contributed by atoms with van der Waals surface area (Å²) in [7, 11) is -3.44. The largest absolute Gasteiger partial charge is 0.454 e. The zero-order chi connectivity index (χ0) is 16.7. The van der Waals surface area contributed by atoms with Crippen LogP contribution in [0.1, 0.15) is 23.5 Å². The zero-order valence-corrected chi connectivity index (χ0v) is 14.3. The second-order valence-electron chi connectivity index (χ2n) is 6.23. The van der Waals surface area contributed by atoms with Crippen molar-refractivity contribution >= 4 is 10.0 Å². The molecule has 5 nitrogen and oxygen atoms in total. The molecule has 0 bridgehead atoms. The maximum atomic E-state index is 12.9. The first kappa shape index (κ1) is 15.5. The van der Waals surface area contributed by atoms with Crippen LogP contribution in [0.25, 0.3) is 0 Å². The maximum Gasteiger partial charge on any atom is 0.243 e. The van der Waals surface area contributed by atoms with Gasteiger partial charge in [-0.05, 0) is 48.6 Å². The smallest absolute Gasteiger partial charge is 0.243 e. The lowest BCUT2D eigenvalue weighted by atomic mass is 9.98. The van der Waals surface area contributed by atoms with E-state index in [0.717, 1.165) is 29.0 Å². The first-order valence-electron chi connectivity index (χ1n) is 8.01. The number of sulfonamides is 1. The minimum Gasteiger partial charge on any atom is -0.454 e. The Kier molecular flexibility index (Phi) is 3.73. The van der Waals surface area contributed by atoms with Crippen LogP contribution < -0.4 is 9.47 Å². The molecule has 1 fully saturated rings. The van der Waals surface area contributed by atoms with Crippen LogP contribution in [-0.2, 0) is 10.0 Å². The van der Waals surface area contributed by atoms with Gasteiger partial charge in [0.15, 0.2) is 11.5 Å². The van der Waals surface area contributed by atoms with E-state index in [1.54, 1.807) is 16.4 Å². The monoisotopic (exact) mass is 345 g/mol. The van der Waals surface area contributed by atoms with Crippen LogP contribution >= 0.6 is 0 Å². The average molecular weight is 345 g/mol. The van der Waals surface area contributed by atoms with Gasteiger partial charge in [-0.2, -0.15) is 4.31 Å². The highest BCUT2D eigenvalue weighted by molar-refractivity contribution is 7.89. The van der Waals surface area contributed by atoms with E-state index in [9.17, 15) is 8.42 Å². The number of hydrogen-bond donors (Lipinski definition) is 0. The molecule has 24 heavy (non-hydrogen) atoms. The molecule has 0 amide bonds. The number of ether oxygens (including phenoxy) is 2. The Morgan fingerprint density at radius 3 is 2.71 bits per heavy atom. The van der Waals surface area contributed by atoms with Gasteiger partial charge in [-0.3, -0.25) is 0 Å². The third kappa shape index (κ3) is 2.56. The van der Waals surface area contributed by atoms with Gasteiger partial charge in [0.1, 0.15) is 0 Å². The van der Waals surface area contributed by atoms with Crippen LogP contribution in [0.15, 0.2) is 47.4 Å². The van der Waals surface area contributed by atoms with E-state index < -0.39 is 10.0 Å². The molecule has 1 unspecified atom stereocenters. The summed E-state index contributed by atoms with van der Waals surface area (Å²) in [5, 5.41) is 0. The number of nitrogens with zero attached hydrogens (tertiary/aromatic N) is 1. The standard InChI is InChI=1S/C18H19NO4S/c1-13-4-2-3-5-18(13)24(20,21)19-9-8-15(11-19)14-6-7-16-17(10-14)23-12-22-16/h2-7,10,15H,8-9,11-12H2,1H3. The van der Waals surface area contributed by atoms with Crippen molar-refractivity contribution in [2.45, 2.75) is 24.2 Å². The summed E-state index contributed by atoms with van der Waals surface area (Å²) in [4.78, 5) is 0.399. The molecule has 1 atom stereocenters. The van der Waals surface area contributed by atoms with Crippen LogP contribution in [0.2, 0.25) is 0 Å². The predicted molar refractivity (Wildman–Crippen MR) is 89.9 cm³/mol.